The molecule has 3 unspecified atom stereocenters. The van der Waals surface area contributed by atoms with Crippen LogP contribution in [0.4, 0.5) is 4.79 Å². The molecule has 0 aromatic carbocycles. The summed E-state index contributed by atoms with van der Waals surface area (Å²) in [6.45, 7) is 9.27. The Labute approximate surface area is 122 Å². The molecule has 0 aliphatic heterocycles. The number of hydrogen-bond donors (Lipinski definition) is 3. The minimum atomic E-state index is -0.383. The number of ether oxygens (including phenoxy) is 1. The number of rotatable bonds is 8. The number of nitrogens with one attached hydrogen (secondary N) is 2. The van der Waals surface area contributed by atoms with Crippen molar-refractivity contribution in [1.82, 2.24) is 10.6 Å². The number of aliphatic hydroxyl groups is 1. The van der Waals surface area contributed by atoms with Crippen LogP contribution < -0.4 is 10.6 Å². The Bertz CT molecular complexity index is 303. The summed E-state index contributed by atoms with van der Waals surface area (Å²) in [5.41, 5.74) is 0.0671. The average Bonchev–Trinajstić information content (AvgIpc) is 2.38. The Balaban J connectivity index is 2.45. The molecule has 5 nitrogen and oxygen atoms in total. The fraction of sp³-hybridized carbons (Fsp3) is 0.933. The summed E-state index contributed by atoms with van der Waals surface area (Å²) in [6.07, 6.45) is 3.35. The summed E-state index contributed by atoms with van der Waals surface area (Å²) >= 11 is 0. The van der Waals surface area contributed by atoms with E-state index in [4.69, 9.17) is 9.84 Å². The predicted molar refractivity (Wildman–Crippen MR) is 79.7 cm³/mol. The molecule has 1 fully saturated rings. The first kappa shape index (κ1) is 17.2. The van der Waals surface area contributed by atoms with Crippen LogP contribution >= 0.6 is 0 Å². The zero-order valence-corrected chi connectivity index (χ0v) is 13.2. The van der Waals surface area contributed by atoms with Gasteiger partial charge in [-0.05, 0) is 39.5 Å². The number of carbonyl (C=O) groups excluding carboxylic acids is 1. The maximum absolute atomic E-state index is 11.9. The lowest BCUT2D eigenvalue weighted by molar-refractivity contribution is -0.134. The summed E-state index contributed by atoms with van der Waals surface area (Å²) in [6, 6.07) is 0.0393. The first-order valence-electron chi connectivity index (χ1n) is 7.84. The van der Waals surface area contributed by atoms with E-state index in [9.17, 15) is 4.79 Å². The molecule has 0 aromatic rings. The highest BCUT2D eigenvalue weighted by Crippen LogP contribution is 2.48. The van der Waals surface area contributed by atoms with Crippen LogP contribution in [0.25, 0.3) is 0 Å². The van der Waals surface area contributed by atoms with Gasteiger partial charge in [0.2, 0.25) is 0 Å². The average molecular weight is 286 g/mol. The number of amides is 2. The van der Waals surface area contributed by atoms with Crippen LogP contribution in [0.1, 0.15) is 53.4 Å². The second-order valence-electron chi connectivity index (χ2n) is 5.71. The van der Waals surface area contributed by atoms with Crippen LogP contribution in [0.3, 0.4) is 0 Å². The molecule has 0 bridgehead atoms. The molecule has 20 heavy (non-hydrogen) atoms. The zero-order valence-electron chi connectivity index (χ0n) is 13.2. The van der Waals surface area contributed by atoms with Gasteiger partial charge in [0.15, 0.2) is 0 Å². The smallest absolute Gasteiger partial charge is 0.315 e. The molecule has 0 spiro atoms. The number of hydrogen-bond acceptors (Lipinski definition) is 3. The van der Waals surface area contributed by atoms with E-state index in [-0.39, 0.29) is 29.7 Å². The Kier molecular flexibility index (Phi) is 6.76. The fourth-order valence-corrected chi connectivity index (χ4v) is 3.19. The van der Waals surface area contributed by atoms with Crippen molar-refractivity contribution in [2.75, 3.05) is 13.2 Å². The van der Waals surface area contributed by atoms with Crippen molar-refractivity contribution >= 4 is 6.03 Å². The molecular weight excluding hydrogens is 256 g/mol. The van der Waals surface area contributed by atoms with E-state index in [1.54, 1.807) is 6.92 Å². The third kappa shape index (κ3) is 3.85. The molecule has 1 aliphatic carbocycles. The molecule has 0 saturated heterocycles. The molecular formula is C15H30N2O3. The Hall–Kier alpha value is -0.810. The highest BCUT2D eigenvalue weighted by molar-refractivity contribution is 5.74. The minimum absolute atomic E-state index is 0.0671. The molecule has 2 amide bonds. The summed E-state index contributed by atoms with van der Waals surface area (Å²) in [5.74, 6) is 0. The molecule has 1 aliphatic rings. The normalized spacial score (nSPS) is 25.6. The van der Waals surface area contributed by atoms with E-state index < -0.39 is 0 Å². The van der Waals surface area contributed by atoms with Gasteiger partial charge in [0.05, 0.1) is 12.2 Å². The molecule has 5 heteroatoms. The van der Waals surface area contributed by atoms with Crippen LogP contribution in [0.15, 0.2) is 0 Å². The van der Waals surface area contributed by atoms with Crippen molar-refractivity contribution in [1.29, 1.82) is 0 Å². The molecule has 1 saturated carbocycles. The van der Waals surface area contributed by atoms with Gasteiger partial charge in [-0.1, -0.05) is 13.8 Å². The zero-order chi connectivity index (χ0) is 15.2. The first-order valence-corrected chi connectivity index (χ1v) is 7.84. The summed E-state index contributed by atoms with van der Waals surface area (Å²) < 4.78 is 5.80. The Morgan fingerprint density at radius 2 is 2.05 bits per heavy atom. The van der Waals surface area contributed by atoms with E-state index in [1.807, 2.05) is 6.92 Å². The molecule has 3 N–H and O–H groups in total. The molecule has 118 valence electrons. The second kappa shape index (κ2) is 7.84. The number of carbonyl (C=O) groups is 1. The summed E-state index contributed by atoms with van der Waals surface area (Å²) in [5, 5.41) is 15.0. The van der Waals surface area contributed by atoms with Gasteiger partial charge in [0.1, 0.15) is 0 Å². The Morgan fingerprint density at radius 3 is 2.55 bits per heavy atom. The van der Waals surface area contributed by atoms with Crippen molar-refractivity contribution < 1.29 is 14.6 Å². The van der Waals surface area contributed by atoms with Crippen LogP contribution in [0.2, 0.25) is 0 Å². The largest absolute Gasteiger partial charge is 0.393 e. The van der Waals surface area contributed by atoms with Gasteiger partial charge in [0.25, 0.3) is 0 Å². The van der Waals surface area contributed by atoms with Gasteiger partial charge < -0.3 is 20.5 Å². The molecule has 0 aromatic heterocycles. The maximum atomic E-state index is 11.9. The SMILES string of the molecule is CCOC1CC(NC(=O)NCCC(C)O)C1(CC)CC. The van der Waals surface area contributed by atoms with Crippen molar-refractivity contribution in [2.45, 2.75) is 71.6 Å². The van der Waals surface area contributed by atoms with E-state index in [1.165, 1.54) is 0 Å². The second-order valence-corrected chi connectivity index (χ2v) is 5.71. The molecule has 0 radical (unpaired) electrons. The van der Waals surface area contributed by atoms with Gasteiger partial charge in [-0.25, -0.2) is 4.79 Å². The van der Waals surface area contributed by atoms with Crippen molar-refractivity contribution in [3.05, 3.63) is 0 Å². The first-order chi connectivity index (χ1) is 9.50. The van der Waals surface area contributed by atoms with E-state index >= 15 is 0 Å². The van der Waals surface area contributed by atoms with Gasteiger partial charge in [-0.2, -0.15) is 0 Å². The van der Waals surface area contributed by atoms with Gasteiger partial charge in [-0.3, -0.25) is 0 Å². The number of urea groups is 1. The predicted octanol–water partition coefficient (Wildman–Crippen LogP) is 2.04. The van der Waals surface area contributed by atoms with Crippen LogP contribution in [0.5, 0.6) is 0 Å². The topological polar surface area (TPSA) is 70.6 Å². The minimum Gasteiger partial charge on any atom is -0.393 e. The van der Waals surface area contributed by atoms with Gasteiger partial charge >= 0.3 is 6.03 Å². The number of aliphatic hydroxyl groups excluding tert-OH is 1. The van der Waals surface area contributed by atoms with Crippen LogP contribution in [-0.2, 0) is 4.74 Å². The highest BCUT2D eigenvalue weighted by atomic mass is 16.5. The fourth-order valence-electron chi connectivity index (χ4n) is 3.19. The Morgan fingerprint density at radius 1 is 1.40 bits per heavy atom. The molecule has 1 rings (SSSR count). The standard InChI is InChI=1S/C15H30N2O3/c1-5-15(6-2)12(10-13(15)20-7-3)17-14(19)16-9-8-11(4)18/h11-13,18H,5-10H2,1-4H3,(H2,16,17,19). The quantitative estimate of drug-likeness (QED) is 0.639. The van der Waals surface area contributed by atoms with E-state index in [2.05, 4.69) is 24.5 Å². The lowest BCUT2D eigenvalue weighted by atomic mass is 9.58. The molecule has 0 heterocycles. The summed E-state index contributed by atoms with van der Waals surface area (Å²) in [4.78, 5) is 11.9. The monoisotopic (exact) mass is 286 g/mol. The third-order valence-corrected chi connectivity index (χ3v) is 4.62. The van der Waals surface area contributed by atoms with E-state index in [0.717, 1.165) is 25.9 Å². The third-order valence-electron chi connectivity index (χ3n) is 4.62. The highest BCUT2D eigenvalue weighted by Gasteiger charge is 2.53. The van der Waals surface area contributed by atoms with Crippen LogP contribution in [0, 0.1) is 5.41 Å². The maximum Gasteiger partial charge on any atom is 0.315 e. The van der Waals surface area contributed by atoms with Crippen LogP contribution in [-0.4, -0.2) is 42.5 Å². The van der Waals surface area contributed by atoms with Crippen molar-refractivity contribution in [3.63, 3.8) is 0 Å². The van der Waals surface area contributed by atoms with Crippen molar-refractivity contribution in [2.24, 2.45) is 5.41 Å². The van der Waals surface area contributed by atoms with Gasteiger partial charge in [0, 0.05) is 24.6 Å². The lowest BCUT2D eigenvalue weighted by Crippen LogP contribution is -2.65. The lowest BCUT2D eigenvalue weighted by Gasteiger charge is -2.55. The summed E-state index contributed by atoms with van der Waals surface area (Å²) in [7, 11) is 0. The van der Waals surface area contributed by atoms with Crippen molar-refractivity contribution in [3.8, 4) is 0 Å². The molecule has 3 atom stereocenters. The van der Waals surface area contributed by atoms with E-state index in [0.29, 0.717) is 13.0 Å². The van der Waals surface area contributed by atoms with Gasteiger partial charge in [-0.15, -0.1) is 0 Å².